The molecule has 0 spiro atoms. The summed E-state index contributed by atoms with van der Waals surface area (Å²) in [6, 6.07) is 0.411. The number of aromatic nitrogens is 4. The molecule has 6 heteroatoms. The molecule has 2 atom stereocenters. The van der Waals surface area contributed by atoms with E-state index in [4.69, 9.17) is 4.74 Å². The van der Waals surface area contributed by atoms with Crippen LogP contribution in [0.15, 0.2) is 24.8 Å². The van der Waals surface area contributed by atoms with E-state index in [9.17, 15) is 0 Å². The molecule has 2 unspecified atom stereocenters. The lowest BCUT2D eigenvalue weighted by Crippen LogP contribution is -2.18. The van der Waals surface area contributed by atoms with Gasteiger partial charge in [0.05, 0.1) is 18.5 Å². The summed E-state index contributed by atoms with van der Waals surface area (Å²) in [7, 11) is 1.77. The summed E-state index contributed by atoms with van der Waals surface area (Å²) in [5, 5.41) is 3.44. The van der Waals surface area contributed by atoms with Crippen molar-refractivity contribution < 1.29 is 4.74 Å². The first-order valence-corrected chi connectivity index (χ1v) is 6.88. The van der Waals surface area contributed by atoms with Gasteiger partial charge in [-0.25, -0.2) is 9.97 Å². The van der Waals surface area contributed by atoms with E-state index in [1.54, 1.807) is 25.7 Å². The topological polar surface area (TPSA) is 64.9 Å². The number of anilines is 1. The minimum absolute atomic E-state index is 0.361. The van der Waals surface area contributed by atoms with E-state index in [1.807, 2.05) is 17.7 Å². The van der Waals surface area contributed by atoms with Gasteiger partial charge in [-0.1, -0.05) is 0 Å². The lowest BCUT2D eigenvalue weighted by Gasteiger charge is -2.14. The molecule has 3 rings (SSSR count). The average Bonchev–Trinajstić information content (AvgIpc) is 3.08. The highest BCUT2D eigenvalue weighted by molar-refractivity contribution is 5.37. The molecular formula is C14H19N5O. The third kappa shape index (κ3) is 2.65. The third-order valence-corrected chi connectivity index (χ3v) is 3.76. The van der Waals surface area contributed by atoms with E-state index in [-0.39, 0.29) is 0 Å². The number of ether oxygens (including phenoxy) is 1. The summed E-state index contributed by atoms with van der Waals surface area (Å²) in [6.07, 6.45) is 10.7. The van der Waals surface area contributed by atoms with E-state index in [1.165, 1.54) is 0 Å². The third-order valence-electron chi connectivity index (χ3n) is 3.76. The number of methoxy groups -OCH3 is 1. The molecule has 1 saturated carbocycles. The molecule has 1 aliphatic rings. The second kappa shape index (κ2) is 5.58. The van der Waals surface area contributed by atoms with Crippen molar-refractivity contribution in [1.29, 1.82) is 0 Å². The normalized spacial score (nSPS) is 22.1. The molecule has 106 valence electrons. The zero-order valence-electron chi connectivity index (χ0n) is 11.8. The summed E-state index contributed by atoms with van der Waals surface area (Å²) >= 11 is 0. The zero-order chi connectivity index (χ0) is 13.9. The predicted octanol–water partition coefficient (Wildman–Crippen LogP) is 1.95. The van der Waals surface area contributed by atoms with Crippen LogP contribution in [0.25, 0.3) is 5.82 Å². The molecule has 20 heavy (non-hydrogen) atoms. The maximum Gasteiger partial charge on any atom is 0.159 e. The molecular weight excluding hydrogens is 254 g/mol. The SMILES string of the molecule is COC1CCC(Nc2cncc(-n3ccnc3C)n2)C1. The van der Waals surface area contributed by atoms with E-state index in [0.717, 1.165) is 36.7 Å². The predicted molar refractivity (Wildman–Crippen MR) is 75.9 cm³/mol. The number of hydrogen-bond acceptors (Lipinski definition) is 5. The molecule has 0 aliphatic heterocycles. The Bertz CT molecular complexity index is 582. The van der Waals surface area contributed by atoms with Crippen molar-refractivity contribution in [3.63, 3.8) is 0 Å². The molecule has 2 heterocycles. The van der Waals surface area contributed by atoms with Gasteiger partial charge in [-0.05, 0) is 26.2 Å². The van der Waals surface area contributed by atoms with Crippen molar-refractivity contribution in [1.82, 2.24) is 19.5 Å². The number of hydrogen-bond donors (Lipinski definition) is 1. The summed E-state index contributed by atoms with van der Waals surface area (Å²) in [6.45, 7) is 1.95. The Labute approximate surface area is 118 Å². The Morgan fingerprint density at radius 2 is 2.25 bits per heavy atom. The molecule has 0 aromatic carbocycles. The van der Waals surface area contributed by atoms with Crippen LogP contribution in [0, 0.1) is 6.92 Å². The Morgan fingerprint density at radius 3 is 2.95 bits per heavy atom. The van der Waals surface area contributed by atoms with Crippen LogP contribution in [0.5, 0.6) is 0 Å². The fourth-order valence-electron chi connectivity index (χ4n) is 2.66. The van der Waals surface area contributed by atoms with Gasteiger partial charge in [-0.3, -0.25) is 9.55 Å². The van der Waals surface area contributed by atoms with Crippen LogP contribution < -0.4 is 5.32 Å². The van der Waals surface area contributed by atoms with Gasteiger partial charge < -0.3 is 10.1 Å². The zero-order valence-corrected chi connectivity index (χ0v) is 11.8. The standard InChI is InChI=1S/C14H19N5O/c1-10-16-5-6-19(10)14-9-15-8-13(18-14)17-11-3-4-12(7-11)20-2/h5-6,8-9,11-12H,3-4,7H2,1-2H3,(H,17,18). The van der Waals surface area contributed by atoms with Crippen LogP contribution in [0.1, 0.15) is 25.1 Å². The summed E-state index contributed by atoms with van der Waals surface area (Å²) < 4.78 is 7.31. The van der Waals surface area contributed by atoms with Crippen LogP contribution in [0.2, 0.25) is 0 Å². The fraction of sp³-hybridized carbons (Fsp3) is 0.500. The maximum absolute atomic E-state index is 5.39. The molecule has 0 saturated heterocycles. The molecule has 1 fully saturated rings. The summed E-state index contributed by atoms with van der Waals surface area (Å²) in [4.78, 5) is 13.1. The Morgan fingerprint density at radius 1 is 1.35 bits per heavy atom. The van der Waals surface area contributed by atoms with Crippen LogP contribution in [0.4, 0.5) is 5.82 Å². The lowest BCUT2D eigenvalue weighted by atomic mass is 10.2. The maximum atomic E-state index is 5.39. The number of aryl methyl sites for hydroxylation is 1. The number of rotatable bonds is 4. The van der Waals surface area contributed by atoms with Crippen molar-refractivity contribution in [3.05, 3.63) is 30.6 Å². The average molecular weight is 273 g/mol. The molecule has 2 aromatic rings. The van der Waals surface area contributed by atoms with E-state index < -0.39 is 0 Å². The van der Waals surface area contributed by atoms with Gasteiger partial charge in [0.15, 0.2) is 5.82 Å². The van der Waals surface area contributed by atoms with Crippen LogP contribution in [0.3, 0.4) is 0 Å². The number of nitrogens with one attached hydrogen (secondary N) is 1. The van der Waals surface area contributed by atoms with Gasteiger partial charge in [0, 0.05) is 25.5 Å². The fourth-order valence-corrected chi connectivity index (χ4v) is 2.66. The highest BCUT2D eigenvalue weighted by Gasteiger charge is 2.24. The molecule has 0 bridgehead atoms. The van der Waals surface area contributed by atoms with Gasteiger partial charge in [0.1, 0.15) is 11.6 Å². The van der Waals surface area contributed by atoms with Crippen molar-refractivity contribution in [2.24, 2.45) is 0 Å². The number of imidazole rings is 1. The minimum atomic E-state index is 0.361. The second-order valence-corrected chi connectivity index (χ2v) is 5.12. The second-order valence-electron chi connectivity index (χ2n) is 5.12. The summed E-state index contributed by atoms with van der Waals surface area (Å²) in [5.74, 6) is 2.49. The molecule has 6 nitrogen and oxygen atoms in total. The Hall–Kier alpha value is -1.95. The Kier molecular flexibility index (Phi) is 3.64. The minimum Gasteiger partial charge on any atom is -0.381 e. The molecule has 0 radical (unpaired) electrons. The van der Waals surface area contributed by atoms with Crippen molar-refractivity contribution >= 4 is 5.82 Å². The molecule has 1 aliphatic carbocycles. The van der Waals surface area contributed by atoms with Gasteiger partial charge in [-0.15, -0.1) is 0 Å². The van der Waals surface area contributed by atoms with Crippen molar-refractivity contribution in [3.8, 4) is 5.82 Å². The quantitative estimate of drug-likeness (QED) is 0.922. The first-order chi connectivity index (χ1) is 9.76. The van der Waals surface area contributed by atoms with Gasteiger partial charge >= 0.3 is 0 Å². The van der Waals surface area contributed by atoms with Gasteiger partial charge in [-0.2, -0.15) is 0 Å². The summed E-state index contributed by atoms with van der Waals surface area (Å²) in [5.41, 5.74) is 0. The monoisotopic (exact) mass is 273 g/mol. The van der Waals surface area contributed by atoms with Crippen molar-refractivity contribution in [2.45, 2.75) is 38.3 Å². The highest BCUT2D eigenvalue weighted by atomic mass is 16.5. The molecule has 1 N–H and O–H groups in total. The van der Waals surface area contributed by atoms with E-state index in [0.29, 0.717) is 12.1 Å². The van der Waals surface area contributed by atoms with Crippen LogP contribution in [-0.4, -0.2) is 38.8 Å². The smallest absolute Gasteiger partial charge is 0.159 e. The first-order valence-electron chi connectivity index (χ1n) is 6.88. The largest absolute Gasteiger partial charge is 0.381 e. The lowest BCUT2D eigenvalue weighted by molar-refractivity contribution is 0.108. The van der Waals surface area contributed by atoms with Gasteiger partial charge in [0.2, 0.25) is 0 Å². The van der Waals surface area contributed by atoms with Crippen LogP contribution in [-0.2, 0) is 4.74 Å². The first kappa shape index (κ1) is 13.1. The van der Waals surface area contributed by atoms with Crippen LogP contribution >= 0.6 is 0 Å². The molecule has 0 amide bonds. The van der Waals surface area contributed by atoms with Crippen molar-refractivity contribution in [2.75, 3.05) is 12.4 Å². The molecule has 2 aromatic heterocycles. The van der Waals surface area contributed by atoms with Gasteiger partial charge in [0.25, 0.3) is 0 Å². The van der Waals surface area contributed by atoms with E-state index >= 15 is 0 Å². The highest BCUT2D eigenvalue weighted by Crippen LogP contribution is 2.24. The van der Waals surface area contributed by atoms with E-state index in [2.05, 4.69) is 20.3 Å². The Balaban J connectivity index is 1.74. The number of nitrogens with zero attached hydrogens (tertiary/aromatic N) is 4.